The van der Waals surface area contributed by atoms with Crippen molar-refractivity contribution in [3.05, 3.63) is 41.9 Å². The number of fused-ring (bicyclic) bond motifs is 3. The van der Waals surface area contributed by atoms with E-state index in [9.17, 15) is 9.59 Å². The number of nitrogens with zero attached hydrogens (tertiary/aromatic N) is 6. The maximum Gasteiger partial charge on any atom is 0.273 e. The Morgan fingerprint density at radius 2 is 2.10 bits per heavy atom. The third-order valence-corrected chi connectivity index (χ3v) is 5.23. The van der Waals surface area contributed by atoms with Crippen LogP contribution in [0.1, 0.15) is 33.1 Å². The number of hydrogen-bond acceptors (Lipinski definition) is 8. The lowest BCUT2D eigenvalue weighted by molar-refractivity contribution is -0.117. The zero-order valence-corrected chi connectivity index (χ0v) is 16.6. The third-order valence-electron chi connectivity index (χ3n) is 5.23. The van der Waals surface area contributed by atoms with E-state index in [4.69, 9.17) is 4.11 Å². The van der Waals surface area contributed by atoms with Crippen LogP contribution in [0.5, 0.6) is 0 Å². The summed E-state index contributed by atoms with van der Waals surface area (Å²) in [4.78, 5) is 26.9. The molecule has 1 aromatic carbocycles. The summed E-state index contributed by atoms with van der Waals surface area (Å²) in [7, 11) is 1.91. The maximum atomic E-state index is 12.7. The third kappa shape index (κ3) is 3.43. The van der Waals surface area contributed by atoms with Gasteiger partial charge in [-0.1, -0.05) is 11.3 Å². The molecule has 1 aliphatic heterocycles. The first-order chi connectivity index (χ1) is 16.2. The summed E-state index contributed by atoms with van der Waals surface area (Å²) in [6.07, 6.45) is 3.32. The normalized spacial score (nSPS) is 16.3. The molecule has 2 amide bonds. The SMILES string of the molecule is [2H]C([2H])([2H])NC(=O)c1nnc(NC(=O)C2CC2)cc1Nc1cccc2c1N(C)Cc1cnnn1-2. The second-order valence-electron chi connectivity index (χ2n) is 7.50. The lowest BCUT2D eigenvalue weighted by atomic mass is 10.1. The quantitative estimate of drug-likeness (QED) is 0.563. The van der Waals surface area contributed by atoms with Crippen LogP contribution in [-0.2, 0) is 11.3 Å². The van der Waals surface area contributed by atoms with Crippen LogP contribution >= 0.6 is 0 Å². The first kappa shape index (κ1) is 15.8. The highest BCUT2D eigenvalue weighted by molar-refractivity contribution is 6.00. The van der Waals surface area contributed by atoms with E-state index in [0.29, 0.717) is 12.2 Å². The molecule has 0 saturated heterocycles. The molecule has 31 heavy (non-hydrogen) atoms. The Balaban J connectivity index is 1.54. The van der Waals surface area contributed by atoms with Crippen molar-refractivity contribution < 1.29 is 13.7 Å². The minimum atomic E-state index is -2.70. The smallest absolute Gasteiger partial charge is 0.273 e. The number of benzene rings is 1. The van der Waals surface area contributed by atoms with Gasteiger partial charge in [0.05, 0.1) is 41.2 Å². The van der Waals surface area contributed by atoms with E-state index in [1.165, 1.54) is 6.07 Å². The lowest BCUT2D eigenvalue weighted by Gasteiger charge is -2.30. The second kappa shape index (κ2) is 7.35. The molecule has 2 aliphatic rings. The Kier molecular flexibility index (Phi) is 3.74. The highest BCUT2D eigenvalue weighted by Crippen LogP contribution is 2.38. The monoisotopic (exact) mass is 422 g/mol. The number of hydrogen-bond donors (Lipinski definition) is 3. The van der Waals surface area contributed by atoms with Crippen molar-refractivity contribution in [2.45, 2.75) is 19.4 Å². The molecule has 11 nitrogen and oxygen atoms in total. The molecule has 1 aliphatic carbocycles. The van der Waals surface area contributed by atoms with Gasteiger partial charge in [-0.2, -0.15) is 0 Å². The Morgan fingerprint density at radius 1 is 1.23 bits per heavy atom. The topological polar surface area (TPSA) is 130 Å². The number of anilines is 4. The van der Waals surface area contributed by atoms with Crippen LogP contribution in [0.4, 0.5) is 22.9 Å². The molecule has 3 aromatic rings. The molecule has 0 radical (unpaired) electrons. The highest BCUT2D eigenvalue weighted by atomic mass is 16.2. The molecule has 0 spiro atoms. The molecule has 1 saturated carbocycles. The van der Waals surface area contributed by atoms with Crippen LogP contribution in [0, 0.1) is 5.92 Å². The Labute approximate surface area is 182 Å². The van der Waals surface area contributed by atoms with E-state index >= 15 is 0 Å². The number of rotatable bonds is 5. The minimum absolute atomic E-state index is 0.0524. The van der Waals surface area contributed by atoms with Crippen molar-refractivity contribution in [1.82, 2.24) is 30.5 Å². The van der Waals surface area contributed by atoms with Gasteiger partial charge >= 0.3 is 0 Å². The standard InChI is InChI=1S/C20H21N9O2/c1-21-20(31)17-14(8-16(25-26-17)24-19(30)11-6-7-11)23-13-4-3-5-15-18(13)28(2)10-12-9-22-27-29(12)15/h3-5,8-9,11H,6-7,10H2,1-2H3,(H,21,31)(H2,23,24,25,30)/i1D3. The zero-order valence-electron chi connectivity index (χ0n) is 19.6. The molecule has 11 heteroatoms. The molecule has 158 valence electrons. The van der Waals surface area contributed by atoms with E-state index in [0.717, 1.165) is 29.9 Å². The summed E-state index contributed by atoms with van der Waals surface area (Å²) in [5.74, 6) is -0.993. The molecule has 5 rings (SSSR count). The molecule has 0 atom stereocenters. The average molecular weight is 422 g/mol. The van der Waals surface area contributed by atoms with Gasteiger partial charge in [-0.15, -0.1) is 15.3 Å². The van der Waals surface area contributed by atoms with Gasteiger partial charge in [0, 0.05) is 30.1 Å². The Hall–Kier alpha value is -4.02. The summed E-state index contributed by atoms with van der Waals surface area (Å²) < 4.78 is 23.8. The first-order valence-corrected chi connectivity index (χ1v) is 9.72. The molecule has 2 aromatic heterocycles. The van der Waals surface area contributed by atoms with Gasteiger partial charge in [0.1, 0.15) is 0 Å². The van der Waals surface area contributed by atoms with Gasteiger partial charge in [-0.05, 0) is 25.0 Å². The summed E-state index contributed by atoms with van der Waals surface area (Å²) in [5, 5.41) is 23.8. The number of nitrogens with one attached hydrogen (secondary N) is 3. The second-order valence-corrected chi connectivity index (χ2v) is 7.50. The fourth-order valence-corrected chi connectivity index (χ4v) is 3.59. The van der Waals surface area contributed by atoms with Crippen molar-refractivity contribution in [2.24, 2.45) is 5.92 Å². The fourth-order valence-electron chi connectivity index (χ4n) is 3.59. The molecular weight excluding hydrogens is 398 g/mol. The summed E-state index contributed by atoms with van der Waals surface area (Å²) in [6.45, 7) is -2.15. The van der Waals surface area contributed by atoms with E-state index in [1.54, 1.807) is 10.9 Å². The zero-order chi connectivity index (χ0) is 24.0. The van der Waals surface area contributed by atoms with Gasteiger partial charge in [0.2, 0.25) is 5.91 Å². The van der Waals surface area contributed by atoms with Crippen molar-refractivity contribution in [3.63, 3.8) is 0 Å². The maximum absolute atomic E-state index is 12.7. The van der Waals surface area contributed by atoms with Gasteiger partial charge in [0.25, 0.3) is 5.91 Å². The highest BCUT2D eigenvalue weighted by Gasteiger charge is 2.30. The number of carbonyl (C=O) groups is 2. The molecule has 0 bridgehead atoms. The van der Waals surface area contributed by atoms with Crippen LogP contribution in [-0.4, -0.2) is 51.0 Å². The molecule has 1 fully saturated rings. The minimum Gasteiger partial charge on any atom is -0.365 e. The van der Waals surface area contributed by atoms with Crippen LogP contribution in [0.3, 0.4) is 0 Å². The van der Waals surface area contributed by atoms with Crippen molar-refractivity contribution in [1.29, 1.82) is 0 Å². The van der Waals surface area contributed by atoms with Crippen molar-refractivity contribution in [2.75, 3.05) is 29.6 Å². The number of carbonyl (C=O) groups excluding carboxylic acids is 2. The van der Waals surface area contributed by atoms with Crippen LogP contribution in [0.25, 0.3) is 5.69 Å². The van der Waals surface area contributed by atoms with E-state index < -0.39 is 12.9 Å². The molecular formula is C20H21N9O2. The van der Waals surface area contributed by atoms with Crippen molar-refractivity contribution >= 4 is 34.7 Å². The van der Waals surface area contributed by atoms with Gasteiger partial charge < -0.3 is 20.9 Å². The van der Waals surface area contributed by atoms with E-state index in [2.05, 4.69) is 31.1 Å². The molecule has 3 N–H and O–H groups in total. The van der Waals surface area contributed by atoms with E-state index in [-0.39, 0.29) is 29.0 Å². The Bertz CT molecular complexity index is 1290. The lowest BCUT2D eigenvalue weighted by Crippen LogP contribution is -2.27. The van der Waals surface area contributed by atoms with Crippen molar-refractivity contribution in [3.8, 4) is 5.69 Å². The number of aromatic nitrogens is 5. The number of amides is 2. The summed E-state index contributed by atoms with van der Waals surface area (Å²) in [5.41, 5.74) is 3.08. The van der Waals surface area contributed by atoms with Crippen LogP contribution in [0.2, 0.25) is 0 Å². The summed E-state index contributed by atoms with van der Waals surface area (Å²) >= 11 is 0. The largest absolute Gasteiger partial charge is 0.365 e. The Morgan fingerprint density at radius 3 is 2.90 bits per heavy atom. The molecule has 3 heterocycles. The van der Waals surface area contributed by atoms with Gasteiger partial charge in [-0.25, -0.2) is 4.68 Å². The van der Waals surface area contributed by atoms with Gasteiger partial charge in [-0.3, -0.25) is 9.59 Å². The predicted molar refractivity (Wildman–Crippen MR) is 114 cm³/mol. The fraction of sp³-hybridized carbons (Fsp3) is 0.300. The summed E-state index contributed by atoms with van der Waals surface area (Å²) in [6, 6.07) is 6.98. The number of para-hydroxylation sites is 1. The van der Waals surface area contributed by atoms with Gasteiger partial charge in [0.15, 0.2) is 11.5 Å². The van der Waals surface area contributed by atoms with Crippen LogP contribution in [0.15, 0.2) is 30.5 Å². The first-order valence-electron chi connectivity index (χ1n) is 11.2. The predicted octanol–water partition coefficient (Wildman–Crippen LogP) is 1.46. The molecule has 0 unspecified atom stereocenters. The van der Waals surface area contributed by atoms with Crippen LogP contribution < -0.4 is 20.9 Å². The average Bonchev–Trinajstić information content (AvgIpc) is 3.51. The van der Waals surface area contributed by atoms with E-state index in [1.807, 2.05) is 35.5 Å².